The molecule has 0 aliphatic heterocycles. The minimum absolute atomic E-state index is 0.000358. The normalized spacial score (nSPS) is 12.3. The Bertz CT molecular complexity index is 2540. The minimum Gasteiger partial charge on any atom is -0.489 e. The number of esters is 1. The number of carbonyl (C=O) groups excluding carboxylic acids is 5. The average molecular weight is 963 g/mol. The first kappa shape index (κ1) is 53.0. The number of nitrogens with one attached hydrogen (secondary N) is 3. The molecule has 5 rings (SSSR count). The number of aliphatic carboxylic acids is 1. The second-order valence-corrected chi connectivity index (χ2v) is 17.2. The van der Waals surface area contributed by atoms with Crippen LogP contribution in [-0.4, -0.2) is 90.6 Å². The van der Waals surface area contributed by atoms with Crippen molar-refractivity contribution < 1.29 is 61.9 Å². The number of methoxy groups -OCH3 is 1. The van der Waals surface area contributed by atoms with E-state index in [0.717, 1.165) is 23.1 Å². The lowest BCUT2D eigenvalue weighted by Crippen LogP contribution is -2.54. The van der Waals surface area contributed by atoms with E-state index in [0.29, 0.717) is 28.0 Å². The lowest BCUT2D eigenvalue weighted by molar-refractivity contribution is -0.152. The summed E-state index contributed by atoms with van der Waals surface area (Å²) < 4.78 is 43.1. The molecule has 0 radical (unpaired) electrons. The molecule has 16 nitrogen and oxygen atoms in total. The van der Waals surface area contributed by atoms with Gasteiger partial charge in [-0.25, -0.2) is 28.4 Å². The molecule has 0 unspecified atom stereocenters. The zero-order valence-corrected chi connectivity index (χ0v) is 39.8. The van der Waals surface area contributed by atoms with Gasteiger partial charge in [0.25, 0.3) is 0 Å². The monoisotopic (exact) mass is 962 g/mol. The van der Waals surface area contributed by atoms with Crippen LogP contribution in [0.4, 0.5) is 18.8 Å². The number of alkyl carbamates (subject to hydrolysis) is 3. The minimum atomic E-state index is -1.44. The molecule has 5 aromatic carbocycles. The summed E-state index contributed by atoms with van der Waals surface area (Å²) in [4.78, 5) is 79.5. The highest BCUT2D eigenvalue weighted by atomic mass is 19.1. The van der Waals surface area contributed by atoms with Crippen molar-refractivity contribution >= 4 is 36.1 Å². The lowest BCUT2D eigenvalue weighted by Gasteiger charge is -2.31. The standard InChI is InChI=1S/C53H59FN4O12/c1-53(2,3)70-52(65)56-43(22-15-27-55-50(63)68-33-36-18-11-7-12-19-36)47(59)58(4)45(49(62)66-5)31-40-28-38(23-25-42(40)54)39-24-26-46(67-32-35-16-9-6-10-17-35)41(29-39)30-44(48(60)61)57-51(64)69-34-37-20-13-8-14-21-37/h6-14,16-21,23-26,28-29,43-45H,15,22,27,30-34H2,1-5H3,(H,55,63)(H,56,65)(H,57,64)(H,60,61)/t43-,44-,45-/m0/s1. The number of rotatable bonds is 22. The van der Waals surface area contributed by atoms with Crippen molar-refractivity contribution in [2.45, 2.75) is 90.0 Å². The third-order valence-corrected chi connectivity index (χ3v) is 10.7. The molecular weight excluding hydrogens is 904 g/mol. The summed E-state index contributed by atoms with van der Waals surface area (Å²) in [6, 6.07) is 32.5. The summed E-state index contributed by atoms with van der Waals surface area (Å²) in [6.45, 7) is 5.16. The molecule has 370 valence electrons. The lowest BCUT2D eigenvalue weighted by atomic mass is 9.95. The van der Waals surface area contributed by atoms with E-state index in [-0.39, 0.29) is 57.6 Å². The topological polar surface area (TPSA) is 208 Å². The van der Waals surface area contributed by atoms with Gasteiger partial charge >= 0.3 is 30.2 Å². The van der Waals surface area contributed by atoms with Crippen molar-refractivity contribution in [3.8, 4) is 16.9 Å². The van der Waals surface area contributed by atoms with Gasteiger partial charge in [-0.3, -0.25) is 4.79 Å². The van der Waals surface area contributed by atoms with E-state index in [1.54, 1.807) is 63.2 Å². The zero-order chi connectivity index (χ0) is 50.6. The number of carboxylic acid groups (broad SMARTS) is 1. The van der Waals surface area contributed by atoms with E-state index in [1.807, 2.05) is 66.7 Å². The molecule has 4 N–H and O–H groups in total. The number of ether oxygens (including phenoxy) is 5. The van der Waals surface area contributed by atoms with Gasteiger partial charge in [0.1, 0.15) is 55.1 Å². The quantitative estimate of drug-likeness (QED) is 0.0295. The van der Waals surface area contributed by atoms with E-state index >= 15 is 4.39 Å². The summed E-state index contributed by atoms with van der Waals surface area (Å²) in [7, 11) is 2.46. The Balaban J connectivity index is 1.36. The highest BCUT2D eigenvalue weighted by Crippen LogP contribution is 2.31. The van der Waals surface area contributed by atoms with Gasteiger partial charge in [-0.15, -0.1) is 0 Å². The van der Waals surface area contributed by atoms with Gasteiger partial charge in [-0.2, -0.15) is 0 Å². The number of halogens is 1. The maximum Gasteiger partial charge on any atom is 0.408 e. The van der Waals surface area contributed by atoms with Crippen molar-refractivity contribution in [1.29, 1.82) is 0 Å². The predicted molar refractivity (Wildman–Crippen MR) is 257 cm³/mol. The molecule has 0 aliphatic carbocycles. The number of hydrogen-bond acceptors (Lipinski definition) is 11. The van der Waals surface area contributed by atoms with Gasteiger partial charge in [0.2, 0.25) is 5.91 Å². The second-order valence-electron chi connectivity index (χ2n) is 17.2. The fourth-order valence-electron chi connectivity index (χ4n) is 7.13. The maximum atomic E-state index is 15.8. The van der Waals surface area contributed by atoms with Gasteiger partial charge in [0.05, 0.1) is 7.11 Å². The van der Waals surface area contributed by atoms with Crippen LogP contribution in [0.2, 0.25) is 0 Å². The number of carboxylic acids is 1. The van der Waals surface area contributed by atoms with Crippen molar-refractivity contribution in [2.75, 3.05) is 20.7 Å². The van der Waals surface area contributed by atoms with Crippen LogP contribution in [0.3, 0.4) is 0 Å². The van der Waals surface area contributed by atoms with Crippen molar-refractivity contribution in [1.82, 2.24) is 20.9 Å². The first-order chi connectivity index (χ1) is 33.5. The number of nitrogens with zero attached hydrogens (tertiary/aromatic N) is 1. The second kappa shape index (κ2) is 26.0. The summed E-state index contributed by atoms with van der Waals surface area (Å²) in [5.74, 6) is -3.27. The van der Waals surface area contributed by atoms with Gasteiger partial charge < -0.3 is 49.6 Å². The number of hydrogen-bond donors (Lipinski definition) is 4. The molecule has 0 aliphatic rings. The Hall–Kier alpha value is -7.95. The van der Waals surface area contributed by atoms with Crippen LogP contribution in [-0.2, 0) is 66.0 Å². The van der Waals surface area contributed by atoms with Gasteiger partial charge in [-0.1, -0.05) is 103 Å². The molecule has 5 aromatic rings. The highest BCUT2D eigenvalue weighted by molar-refractivity contribution is 5.90. The van der Waals surface area contributed by atoms with Crippen molar-refractivity contribution in [3.63, 3.8) is 0 Å². The largest absolute Gasteiger partial charge is 0.489 e. The molecule has 0 fully saturated rings. The summed E-state index contributed by atoms with van der Waals surface area (Å²) in [5.41, 5.74) is 2.85. The molecular formula is C53H59FN4O12. The molecule has 0 saturated carbocycles. The molecule has 70 heavy (non-hydrogen) atoms. The van der Waals surface area contributed by atoms with Crippen LogP contribution < -0.4 is 20.7 Å². The first-order valence-corrected chi connectivity index (χ1v) is 22.6. The number of amides is 4. The van der Waals surface area contributed by atoms with Crippen LogP contribution in [0, 0.1) is 5.82 Å². The Morgan fingerprint density at radius 1 is 0.657 bits per heavy atom. The summed E-state index contributed by atoms with van der Waals surface area (Å²) >= 11 is 0. The highest BCUT2D eigenvalue weighted by Gasteiger charge is 2.34. The van der Waals surface area contributed by atoms with E-state index in [4.69, 9.17) is 23.7 Å². The maximum absolute atomic E-state index is 15.8. The van der Waals surface area contributed by atoms with E-state index < -0.39 is 65.7 Å². The molecule has 0 aromatic heterocycles. The van der Waals surface area contributed by atoms with E-state index in [2.05, 4.69) is 16.0 Å². The van der Waals surface area contributed by atoms with Crippen LogP contribution >= 0.6 is 0 Å². The van der Waals surface area contributed by atoms with E-state index in [9.17, 15) is 33.9 Å². The van der Waals surface area contributed by atoms with E-state index in [1.165, 1.54) is 25.2 Å². The SMILES string of the molecule is COC(=O)[C@H](Cc1cc(-c2ccc(OCc3ccccc3)c(C[C@H](NC(=O)OCc3ccccc3)C(=O)O)c2)ccc1F)N(C)C(=O)[C@H](CCCNC(=O)OCc1ccccc1)NC(=O)OC(C)(C)C. The molecule has 4 amide bonds. The summed E-state index contributed by atoms with van der Waals surface area (Å²) in [5, 5.41) is 17.9. The van der Waals surface area contributed by atoms with Gasteiger partial charge in [-0.05, 0) is 96.8 Å². The Kier molecular flexibility index (Phi) is 19.7. The van der Waals surface area contributed by atoms with Crippen LogP contribution in [0.1, 0.15) is 61.4 Å². The smallest absolute Gasteiger partial charge is 0.408 e. The Morgan fingerprint density at radius 3 is 1.74 bits per heavy atom. The number of benzene rings is 5. The van der Waals surface area contributed by atoms with Gasteiger partial charge in [0, 0.05) is 26.4 Å². The van der Waals surface area contributed by atoms with Gasteiger partial charge in [0.15, 0.2) is 0 Å². The van der Waals surface area contributed by atoms with Crippen LogP contribution in [0.15, 0.2) is 127 Å². The molecule has 0 saturated heterocycles. The predicted octanol–water partition coefficient (Wildman–Crippen LogP) is 8.14. The number of likely N-dealkylation sites (N-methyl/N-ethyl adjacent to an activating group) is 1. The first-order valence-electron chi connectivity index (χ1n) is 22.6. The summed E-state index contributed by atoms with van der Waals surface area (Å²) in [6.07, 6.45) is -2.91. The van der Waals surface area contributed by atoms with Crippen LogP contribution in [0.25, 0.3) is 11.1 Å². The fraction of sp³-hybridized carbons (Fsp3) is 0.321. The van der Waals surface area contributed by atoms with Crippen LogP contribution in [0.5, 0.6) is 5.75 Å². The molecule has 3 atom stereocenters. The fourth-order valence-corrected chi connectivity index (χ4v) is 7.13. The van der Waals surface area contributed by atoms with Crippen molar-refractivity contribution in [2.24, 2.45) is 0 Å². The van der Waals surface area contributed by atoms with Crippen molar-refractivity contribution in [3.05, 3.63) is 161 Å². The molecule has 0 bridgehead atoms. The number of carbonyl (C=O) groups is 6. The Labute approximate surface area is 406 Å². The third kappa shape index (κ3) is 17.0. The zero-order valence-electron chi connectivity index (χ0n) is 39.8. The Morgan fingerprint density at radius 2 is 1.19 bits per heavy atom. The average Bonchev–Trinajstić information content (AvgIpc) is 3.34. The molecule has 0 spiro atoms. The third-order valence-electron chi connectivity index (χ3n) is 10.7. The molecule has 17 heteroatoms. The molecule has 0 heterocycles.